The molecule has 1 aromatic carbocycles. The smallest absolute Gasteiger partial charge is 0.352 e. The molecule has 5 nitrogen and oxygen atoms in total. The van der Waals surface area contributed by atoms with Gasteiger partial charge >= 0.3 is 5.97 Å². The van der Waals surface area contributed by atoms with Gasteiger partial charge in [0.15, 0.2) is 0 Å². The van der Waals surface area contributed by atoms with Crippen molar-refractivity contribution in [3.63, 3.8) is 0 Å². The summed E-state index contributed by atoms with van der Waals surface area (Å²) < 4.78 is 1.61. The van der Waals surface area contributed by atoms with Crippen molar-refractivity contribution >= 4 is 22.8 Å². The Bertz CT molecular complexity index is 712. The fourth-order valence-corrected chi connectivity index (χ4v) is 2.94. The third kappa shape index (κ3) is 2.51. The zero-order chi connectivity index (χ0) is 15.0. The number of hydrogen-bond donors (Lipinski definition) is 1. The number of fused-ring (bicyclic) bond motifs is 1. The maximum atomic E-state index is 12.3. The van der Waals surface area contributed by atoms with Gasteiger partial charge in [0.05, 0.1) is 0 Å². The van der Waals surface area contributed by atoms with E-state index in [-0.39, 0.29) is 18.1 Å². The molecule has 21 heavy (non-hydrogen) atoms. The topological polar surface area (TPSA) is 62.5 Å². The second-order valence-electron chi connectivity index (χ2n) is 5.57. The summed E-state index contributed by atoms with van der Waals surface area (Å²) in [6.07, 6.45) is 2.06. The van der Waals surface area contributed by atoms with Gasteiger partial charge in [-0.2, -0.15) is 0 Å². The molecule has 0 unspecified atom stereocenters. The van der Waals surface area contributed by atoms with Crippen molar-refractivity contribution in [1.29, 1.82) is 0 Å². The van der Waals surface area contributed by atoms with Crippen LogP contribution in [0.2, 0.25) is 0 Å². The van der Waals surface area contributed by atoms with E-state index in [4.69, 9.17) is 0 Å². The molecule has 0 spiro atoms. The van der Waals surface area contributed by atoms with Crippen molar-refractivity contribution in [3.8, 4) is 0 Å². The number of aromatic carboxylic acids is 1. The van der Waals surface area contributed by atoms with Crippen LogP contribution in [-0.2, 0) is 11.3 Å². The third-order valence-electron chi connectivity index (χ3n) is 4.03. The van der Waals surface area contributed by atoms with Crippen LogP contribution in [0.25, 0.3) is 10.9 Å². The molecule has 1 aromatic heterocycles. The van der Waals surface area contributed by atoms with Crippen LogP contribution in [-0.4, -0.2) is 39.5 Å². The van der Waals surface area contributed by atoms with Crippen LogP contribution in [0.4, 0.5) is 0 Å². The van der Waals surface area contributed by atoms with Crippen LogP contribution in [0.1, 0.15) is 28.9 Å². The van der Waals surface area contributed by atoms with E-state index in [0.29, 0.717) is 0 Å². The predicted molar refractivity (Wildman–Crippen MR) is 79.4 cm³/mol. The van der Waals surface area contributed by atoms with Crippen molar-refractivity contribution in [2.45, 2.75) is 26.3 Å². The lowest BCUT2D eigenvalue weighted by molar-refractivity contribution is -0.130. The third-order valence-corrected chi connectivity index (χ3v) is 4.03. The minimum atomic E-state index is -1.00. The number of carbonyl (C=O) groups is 2. The molecule has 1 aliphatic rings. The molecule has 1 amide bonds. The molecule has 1 aliphatic heterocycles. The van der Waals surface area contributed by atoms with Crippen LogP contribution >= 0.6 is 0 Å². The number of nitrogens with zero attached hydrogens (tertiary/aromatic N) is 2. The van der Waals surface area contributed by atoms with Gasteiger partial charge in [0, 0.05) is 24.0 Å². The molecule has 3 rings (SSSR count). The summed E-state index contributed by atoms with van der Waals surface area (Å²) in [6, 6.07) is 7.40. The Kier molecular flexibility index (Phi) is 3.41. The molecule has 0 atom stereocenters. The monoisotopic (exact) mass is 286 g/mol. The van der Waals surface area contributed by atoms with Gasteiger partial charge in [0.1, 0.15) is 12.2 Å². The maximum Gasteiger partial charge on any atom is 0.352 e. The number of aryl methyl sites for hydroxylation is 1. The number of carboxylic acid groups (broad SMARTS) is 1. The van der Waals surface area contributed by atoms with Crippen LogP contribution in [0.15, 0.2) is 24.3 Å². The molecule has 1 fully saturated rings. The highest BCUT2D eigenvalue weighted by atomic mass is 16.4. The molecule has 2 heterocycles. The lowest BCUT2D eigenvalue weighted by Gasteiger charge is -2.17. The largest absolute Gasteiger partial charge is 0.477 e. The first-order valence-electron chi connectivity index (χ1n) is 7.17. The quantitative estimate of drug-likeness (QED) is 0.941. The van der Waals surface area contributed by atoms with Gasteiger partial charge in [-0.3, -0.25) is 4.79 Å². The van der Waals surface area contributed by atoms with E-state index >= 15 is 0 Å². The van der Waals surface area contributed by atoms with Crippen LogP contribution in [0.5, 0.6) is 0 Å². The molecule has 0 bridgehead atoms. The summed E-state index contributed by atoms with van der Waals surface area (Å²) in [5, 5.41) is 10.2. The van der Waals surface area contributed by atoms with E-state index in [0.717, 1.165) is 42.4 Å². The average Bonchev–Trinajstić information content (AvgIpc) is 3.06. The number of hydrogen-bond acceptors (Lipinski definition) is 2. The zero-order valence-electron chi connectivity index (χ0n) is 12.0. The van der Waals surface area contributed by atoms with Gasteiger partial charge in [-0.25, -0.2) is 4.79 Å². The Balaban J connectivity index is 2.00. The molecule has 0 radical (unpaired) electrons. The Morgan fingerprint density at radius 1 is 1.19 bits per heavy atom. The summed E-state index contributed by atoms with van der Waals surface area (Å²) in [5.41, 5.74) is 2.04. The van der Waals surface area contributed by atoms with Gasteiger partial charge in [0.2, 0.25) is 5.91 Å². The number of rotatable bonds is 3. The van der Waals surface area contributed by atoms with Gasteiger partial charge in [-0.05, 0) is 38.0 Å². The number of aromatic nitrogens is 1. The first-order valence-corrected chi connectivity index (χ1v) is 7.17. The Hall–Kier alpha value is -2.30. The number of benzene rings is 1. The molecule has 110 valence electrons. The highest BCUT2D eigenvalue weighted by molar-refractivity contribution is 5.96. The molecule has 2 aromatic rings. The number of amides is 1. The standard InChI is InChI=1S/C16H18N2O3/c1-11-4-5-13-12(8-11)9-14(16(20)21)18(13)10-15(19)17-6-2-3-7-17/h4-5,8-9H,2-3,6-7,10H2,1H3,(H,20,21). The van der Waals surface area contributed by atoms with E-state index < -0.39 is 5.97 Å². The highest BCUT2D eigenvalue weighted by Crippen LogP contribution is 2.22. The lowest BCUT2D eigenvalue weighted by Crippen LogP contribution is -2.31. The van der Waals surface area contributed by atoms with Crippen molar-refractivity contribution in [3.05, 3.63) is 35.5 Å². The predicted octanol–water partition coefficient (Wildman–Crippen LogP) is 2.27. The van der Waals surface area contributed by atoms with Crippen molar-refractivity contribution < 1.29 is 14.7 Å². The SMILES string of the molecule is Cc1ccc2c(c1)cc(C(=O)O)n2CC(=O)N1CCCC1. The van der Waals surface area contributed by atoms with Gasteiger partial charge in [0.25, 0.3) is 0 Å². The Labute approximate surface area is 122 Å². The van der Waals surface area contributed by atoms with E-state index in [1.54, 1.807) is 10.6 Å². The minimum Gasteiger partial charge on any atom is -0.477 e. The summed E-state index contributed by atoms with van der Waals surface area (Å²) in [5.74, 6) is -1.01. The maximum absolute atomic E-state index is 12.3. The zero-order valence-corrected chi connectivity index (χ0v) is 12.0. The van der Waals surface area contributed by atoms with Crippen LogP contribution in [0, 0.1) is 6.92 Å². The van der Waals surface area contributed by atoms with Gasteiger partial charge in [-0.1, -0.05) is 11.6 Å². The normalized spacial score (nSPS) is 14.8. The summed E-state index contributed by atoms with van der Waals surface area (Å²) >= 11 is 0. The molecule has 1 N–H and O–H groups in total. The van der Waals surface area contributed by atoms with Crippen molar-refractivity contribution in [1.82, 2.24) is 9.47 Å². The Morgan fingerprint density at radius 3 is 2.57 bits per heavy atom. The fraction of sp³-hybridized carbons (Fsp3) is 0.375. The first-order chi connectivity index (χ1) is 10.1. The molecule has 0 aliphatic carbocycles. The van der Waals surface area contributed by atoms with E-state index in [1.165, 1.54) is 0 Å². The molecular weight excluding hydrogens is 268 g/mol. The average molecular weight is 286 g/mol. The van der Waals surface area contributed by atoms with Crippen LogP contribution in [0.3, 0.4) is 0 Å². The van der Waals surface area contributed by atoms with Gasteiger partial charge < -0.3 is 14.6 Å². The Morgan fingerprint density at radius 2 is 1.90 bits per heavy atom. The van der Waals surface area contributed by atoms with Crippen molar-refractivity contribution in [2.75, 3.05) is 13.1 Å². The first kappa shape index (κ1) is 13.7. The van der Waals surface area contributed by atoms with Gasteiger partial charge in [-0.15, -0.1) is 0 Å². The lowest BCUT2D eigenvalue weighted by atomic mass is 10.2. The van der Waals surface area contributed by atoms with E-state index in [9.17, 15) is 14.7 Å². The van der Waals surface area contributed by atoms with E-state index in [1.807, 2.05) is 30.0 Å². The number of carbonyl (C=O) groups excluding carboxylic acids is 1. The molecule has 1 saturated heterocycles. The van der Waals surface area contributed by atoms with E-state index in [2.05, 4.69) is 0 Å². The summed E-state index contributed by atoms with van der Waals surface area (Å²) in [6.45, 7) is 3.61. The summed E-state index contributed by atoms with van der Waals surface area (Å²) in [4.78, 5) is 25.6. The summed E-state index contributed by atoms with van der Waals surface area (Å²) in [7, 11) is 0. The fourth-order valence-electron chi connectivity index (χ4n) is 2.94. The number of likely N-dealkylation sites (tertiary alicyclic amines) is 1. The second-order valence-corrected chi connectivity index (χ2v) is 5.57. The van der Waals surface area contributed by atoms with Crippen LogP contribution < -0.4 is 0 Å². The minimum absolute atomic E-state index is 0.00641. The highest BCUT2D eigenvalue weighted by Gasteiger charge is 2.22. The van der Waals surface area contributed by atoms with Crippen molar-refractivity contribution in [2.24, 2.45) is 0 Å². The number of carboxylic acids is 1. The second kappa shape index (κ2) is 5.24. The molecule has 5 heteroatoms. The molecule has 0 saturated carbocycles. The molecular formula is C16H18N2O3.